The SMILES string of the molecule is NCCc1[nH]nc(-c2ccc3c(c2)CCO3)c1Br. The number of halogens is 1. The highest BCUT2D eigenvalue weighted by Gasteiger charge is 2.16. The summed E-state index contributed by atoms with van der Waals surface area (Å²) in [6.07, 6.45) is 1.77. The number of H-pyrrole nitrogens is 1. The molecule has 2 heterocycles. The van der Waals surface area contributed by atoms with Crippen LogP contribution in [0.3, 0.4) is 0 Å². The summed E-state index contributed by atoms with van der Waals surface area (Å²) < 4.78 is 6.51. The van der Waals surface area contributed by atoms with Crippen LogP contribution in [0.25, 0.3) is 11.3 Å². The first-order valence-electron chi connectivity index (χ1n) is 5.98. The van der Waals surface area contributed by atoms with Crippen LogP contribution >= 0.6 is 15.9 Å². The minimum Gasteiger partial charge on any atom is -0.493 e. The van der Waals surface area contributed by atoms with Gasteiger partial charge in [0, 0.05) is 18.4 Å². The van der Waals surface area contributed by atoms with Crippen molar-refractivity contribution in [3.05, 3.63) is 33.9 Å². The average Bonchev–Trinajstić information content (AvgIpc) is 2.97. The maximum atomic E-state index is 5.57. The lowest BCUT2D eigenvalue weighted by molar-refractivity contribution is 0.357. The van der Waals surface area contributed by atoms with Crippen LogP contribution in [0.4, 0.5) is 0 Å². The zero-order valence-electron chi connectivity index (χ0n) is 9.87. The molecule has 1 aliphatic rings. The van der Waals surface area contributed by atoms with E-state index < -0.39 is 0 Å². The van der Waals surface area contributed by atoms with Crippen LogP contribution in [0.2, 0.25) is 0 Å². The fourth-order valence-corrected chi connectivity index (χ4v) is 2.80. The Morgan fingerprint density at radius 2 is 2.33 bits per heavy atom. The smallest absolute Gasteiger partial charge is 0.122 e. The molecule has 3 rings (SSSR count). The monoisotopic (exact) mass is 307 g/mol. The summed E-state index contributed by atoms with van der Waals surface area (Å²) in [6, 6.07) is 6.20. The van der Waals surface area contributed by atoms with Gasteiger partial charge in [-0.2, -0.15) is 5.10 Å². The number of hydrogen-bond acceptors (Lipinski definition) is 3. The van der Waals surface area contributed by atoms with Crippen LogP contribution in [0.15, 0.2) is 22.7 Å². The van der Waals surface area contributed by atoms with Gasteiger partial charge in [-0.3, -0.25) is 5.10 Å². The lowest BCUT2D eigenvalue weighted by Crippen LogP contribution is -2.03. The average molecular weight is 308 g/mol. The van der Waals surface area contributed by atoms with Crippen molar-refractivity contribution in [1.29, 1.82) is 0 Å². The van der Waals surface area contributed by atoms with Crippen molar-refractivity contribution in [2.75, 3.05) is 13.2 Å². The predicted octanol–water partition coefficient (Wildman–Crippen LogP) is 2.28. The second-order valence-electron chi connectivity index (χ2n) is 4.32. The van der Waals surface area contributed by atoms with Gasteiger partial charge in [0.05, 0.1) is 16.8 Å². The number of ether oxygens (including phenoxy) is 1. The largest absolute Gasteiger partial charge is 0.493 e. The number of aromatic nitrogens is 2. The maximum absolute atomic E-state index is 5.57. The third-order valence-electron chi connectivity index (χ3n) is 3.13. The number of benzene rings is 1. The number of hydrogen-bond donors (Lipinski definition) is 2. The van der Waals surface area contributed by atoms with E-state index in [2.05, 4.69) is 32.2 Å². The Morgan fingerprint density at radius 3 is 3.17 bits per heavy atom. The molecule has 18 heavy (non-hydrogen) atoms. The molecule has 0 aliphatic carbocycles. The van der Waals surface area contributed by atoms with E-state index >= 15 is 0 Å². The number of fused-ring (bicyclic) bond motifs is 1. The quantitative estimate of drug-likeness (QED) is 0.914. The fraction of sp³-hybridized carbons (Fsp3) is 0.308. The molecule has 0 unspecified atom stereocenters. The third-order valence-corrected chi connectivity index (χ3v) is 3.99. The Labute approximate surface area is 114 Å². The molecule has 0 radical (unpaired) electrons. The highest BCUT2D eigenvalue weighted by molar-refractivity contribution is 9.10. The van der Waals surface area contributed by atoms with Crippen molar-refractivity contribution in [1.82, 2.24) is 10.2 Å². The Morgan fingerprint density at radius 1 is 1.44 bits per heavy atom. The fourth-order valence-electron chi connectivity index (χ4n) is 2.20. The van der Waals surface area contributed by atoms with E-state index in [-0.39, 0.29) is 0 Å². The molecule has 3 N–H and O–H groups in total. The van der Waals surface area contributed by atoms with Crippen LogP contribution < -0.4 is 10.5 Å². The molecular formula is C13H14BrN3O. The van der Waals surface area contributed by atoms with Gasteiger partial charge in [0.25, 0.3) is 0 Å². The van der Waals surface area contributed by atoms with Crippen molar-refractivity contribution in [2.45, 2.75) is 12.8 Å². The highest BCUT2D eigenvalue weighted by Crippen LogP contribution is 2.33. The molecular weight excluding hydrogens is 294 g/mol. The van der Waals surface area contributed by atoms with E-state index in [1.54, 1.807) is 0 Å². The summed E-state index contributed by atoms with van der Waals surface area (Å²) in [5.74, 6) is 0.993. The zero-order valence-corrected chi connectivity index (χ0v) is 11.5. The first kappa shape index (κ1) is 11.7. The molecule has 0 saturated heterocycles. The topological polar surface area (TPSA) is 63.9 Å². The first-order chi connectivity index (χ1) is 8.79. The van der Waals surface area contributed by atoms with Crippen molar-refractivity contribution in [3.8, 4) is 17.0 Å². The molecule has 5 heteroatoms. The molecule has 4 nitrogen and oxygen atoms in total. The van der Waals surface area contributed by atoms with Gasteiger partial charge in [-0.25, -0.2) is 0 Å². The Kier molecular flexibility index (Phi) is 3.09. The lowest BCUT2D eigenvalue weighted by Gasteiger charge is -2.02. The van der Waals surface area contributed by atoms with Crippen LogP contribution in [0.1, 0.15) is 11.3 Å². The van der Waals surface area contributed by atoms with E-state index in [0.717, 1.165) is 46.6 Å². The number of rotatable bonds is 3. The van der Waals surface area contributed by atoms with E-state index in [1.807, 2.05) is 12.1 Å². The summed E-state index contributed by atoms with van der Waals surface area (Å²) in [5.41, 5.74) is 9.90. The second kappa shape index (κ2) is 4.74. The van der Waals surface area contributed by atoms with Crippen molar-refractivity contribution < 1.29 is 4.74 Å². The summed E-state index contributed by atoms with van der Waals surface area (Å²) in [4.78, 5) is 0. The van der Waals surface area contributed by atoms with Crippen molar-refractivity contribution in [2.24, 2.45) is 5.73 Å². The Balaban J connectivity index is 1.99. The molecule has 1 aromatic carbocycles. The maximum Gasteiger partial charge on any atom is 0.122 e. The number of nitrogens with zero attached hydrogens (tertiary/aromatic N) is 1. The standard InChI is InChI=1S/C13H14BrN3O/c14-12-10(3-5-15)16-17-13(12)9-1-2-11-8(7-9)4-6-18-11/h1-2,7H,3-6,15H2,(H,16,17). The van der Waals surface area contributed by atoms with E-state index in [4.69, 9.17) is 10.5 Å². The molecule has 0 bridgehead atoms. The third kappa shape index (κ3) is 1.93. The summed E-state index contributed by atoms with van der Waals surface area (Å²) >= 11 is 3.59. The molecule has 0 saturated carbocycles. The Bertz CT molecular complexity index is 580. The van der Waals surface area contributed by atoms with Crippen molar-refractivity contribution in [3.63, 3.8) is 0 Å². The molecule has 0 amide bonds. The van der Waals surface area contributed by atoms with Crippen molar-refractivity contribution >= 4 is 15.9 Å². The zero-order chi connectivity index (χ0) is 12.5. The molecule has 94 valence electrons. The molecule has 0 fully saturated rings. The molecule has 1 aliphatic heterocycles. The van der Waals surface area contributed by atoms with E-state index in [0.29, 0.717) is 6.54 Å². The molecule has 1 aromatic heterocycles. The van der Waals surface area contributed by atoms with Crippen LogP contribution in [-0.4, -0.2) is 23.3 Å². The predicted molar refractivity (Wildman–Crippen MR) is 73.7 cm³/mol. The van der Waals surface area contributed by atoms with Gasteiger partial charge in [-0.15, -0.1) is 0 Å². The van der Waals surface area contributed by atoms with Gasteiger partial charge >= 0.3 is 0 Å². The van der Waals surface area contributed by atoms with E-state index in [1.165, 1.54) is 5.56 Å². The minimum absolute atomic E-state index is 0.609. The second-order valence-corrected chi connectivity index (χ2v) is 5.12. The lowest BCUT2D eigenvalue weighted by atomic mass is 10.1. The van der Waals surface area contributed by atoms with Gasteiger partial charge in [0.2, 0.25) is 0 Å². The summed E-state index contributed by atoms with van der Waals surface area (Å²) in [6.45, 7) is 1.39. The number of aromatic amines is 1. The van der Waals surface area contributed by atoms with Gasteiger partial charge in [-0.1, -0.05) is 0 Å². The molecule has 0 spiro atoms. The normalized spacial score (nSPS) is 13.4. The van der Waals surface area contributed by atoms with Gasteiger partial charge in [0.15, 0.2) is 0 Å². The molecule has 2 aromatic rings. The first-order valence-corrected chi connectivity index (χ1v) is 6.78. The highest BCUT2D eigenvalue weighted by atomic mass is 79.9. The van der Waals surface area contributed by atoms with Gasteiger partial charge in [-0.05, 0) is 46.2 Å². The number of nitrogens with two attached hydrogens (primary N) is 1. The van der Waals surface area contributed by atoms with Crippen LogP contribution in [0, 0.1) is 0 Å². The summed E-state index contributed by atoms with van der Waals surface area (Å²) in [5, 5.41) is 7.39. The van der Waals surface area contributed by atoms with Crippen LogP contribution in [-0.2, 0) is 12.8 Å². The van der Waals surface area contributed by atoms with Crippen LogP contribution in [0.5, 0.6) is 5.75 Å². The Hall–Kier alpha value is -1.33. The van der Waals surface area contributed by atoms with E-state index in [9.17, 15) is 0 Å². The number of nitrogens with one attached hydrogen (secondary N) is 1. The minimum atomic E-state index is 0.609. The molecule has 0 atom stereocenters. The summed E-state index contributed by atoms with van der Waals surface area (Å²) in [7, 11) is 0. The van der Waals surface area contributed by atoms with Gasteiger partial charge < -0.3 is 10.5 Å². The van der Waals surface area contributed by atoms with Gasteiger partial charge in [0.1, 0.15) is 11.4 Å².